The van der Waals surface area contributed by atoms with Crippen LogP contribution in [0.1, 0.15) is 26.0 Å². The van der Waals surface area contributed by atoms with Gasteiger partial charge in [-0.2, -0.15) is 5.10 Å². The Morgan fingerprint density at radius 2 is 1.94 bits per heavy atom. The zero-order chi connectivity index (χ0) is 23.9. The van der Waals surface area contributed by atoms with E-state index in [1.54, 1.807) is 11.0 Å². The highest BCUT2D eigenvalue weighted by Gasteiger charge is 2.25. The molecule has 2 atom stereocenters. The number of hydrogen-bond acceptors (Lipinski definition) is 5. The number of aromatic nitrogens is 2. The molecule has 3 aromatic rings. The maximum Gasteiger partial charge on any atom is 0.251 e. The zero-order valence-corrected chi connectivity index (χ0v) is 19.6. The molecule has 0 radical (unpaired) electrons. The Morgan fingerprint density at radius 1 is 1.18 bits per heavy atom. The standard InChI is InChI=1S/C26H31N5O3/c1-19-14-16-30(20(2)34-19)18-25(32)27-15-17-31(21-8-4-3-5-9-21)26(33)13-12-24-22-10-6-7-11-23(22)28-29-24/h3-13,19-20H,14-18H2,1-2H3,(H,27,32)(H,28,29)/b13-12+/t19-,20+/m1/s1. The predicted octanol–water partition coefficient (Wildman–Crippen LogP) is 3.18. The Balaban J connectivity index is 1.37. The largest absolute Gasteiger partial charge is 0.360 e. The van der Waals surface area contributed by atoms with E-state index < -0.39 is 0 Å². The van der Waals surface area contributed by atoms with Gasteiger partial charge in [0.2, 0.25) is 5.91 Å². The first kappa shape index (κ1) is 23.7. The van der Waals surface area contributed by atoms with E-state index >= 15 is 0 Å². The van der Waals surface area contributed by atoms with Crippen molar-refractivity contribution < 1.29 is 14.3 Å². The average molecular weight is 462 g/mol. The molecule has 34 heavy (non-hydrogen) atoms. The van der Waals surface area contributed by atoms with Crippen molar-refractivity contribution in [3.63, 3.8) is 0 Å². The number of benzene rings is 2. The van der Waals surface area contributed by atoms with Gasteiger partial charge in [-0.15, -0.1) is 0 Å². The van der Waals surface area contributed by atoms with Gasteiger partial charge < -0.3 is 15.0 Å². The molecule has 2 amide bonds. The molecule has 1 saturated heterocycles. The van der Waals surface area contributed by atoms with Gasteiger partial charge in [-0.05, 0) is 44.5 Å². The molecular formula is C26H31N5O3. The minimum atomic E-state index is -0.181. The number of anilines is 1. The summed E-state index contributed by atoms with van der Waals surface area (Å²) in [5.74, 6) is -0.261. The fraction of sp³-hybridized carbons (Fsp3) is 0.346. The molecule has 2 aromatic carbocycles. The molecule has 2 N–H and O–H groups in total. The quantitative estimate of drug-likeness (QED) is 0.503. The average Bonchev–Trinajstić information content (AvgIpc) is 3.26. The number of para-hydroxylation sites is 2. The van der Waals surface area contributed by atoms with E-state index in [-0.39, 0.29) is 30.7 Å². The van der Waals surface area contributed by atoms with Crippen LogP contribution in [0.15, 0.2) is 60.7 Å². The second kappa shape index (κ2) is 11.1. The lowest BCUT2D eigenvalue weighted by Gasteiger charge is -2.36. The molecule has 1 aliphatic rings. The van der Waals surface area contributed by atoms with Gasteiger partial charge in [0.05, 0.1) is 23.9 Å². The lowest BCUT2D eigenvalue weighted by Crippen LogP contribution is -2.49. The molecule has 8 heteroatoms. The SMILES string of the molecule is C[C@@H]1CCN(CC(=O)NCCN(C(=O)/C=C/c2n[nH]c3ccccc23)c2ccccc2)[C@H](C)O1. The Hall–Kier alpha value is -3.49. The summed E-state index contributed by atoms with van der Waals surface area (Å²) in [5, 5.41) is 11.2. The number of nitrogens with one attached hydrogen (secondary N) is 2. The van der Waals surface area contributed by atoms with E-state index in [1.807, 2.05) is 73.3 Å². The van der Waals surface area contributed by atoms with E-state index in [2.05, 4.69) is 15.5 Å². The van der Waals surface area contributed by atoms with E-state index in [0.717, 1.165) is 29.6 Å². The van der Waals surface area contributed by atoms with E-state index in [0.29, 0.717) is 18.8 Å². The number of nitrogens with zero attached hydrogens (tertiary/aromatic N) is 3. The molecule has 1 aliphatic heterocycles. The number of H-pyrrole nitrogens is 1. The van der Waals surface area contributed by atoms with E-state index in [9.17, 15) is 9.59 Å². The van der Waals surface area contributed by atoms with Gasteiger partial charge >= 0.3 is 0 Å². The number of carbonyl (C=O) groups excluding carboxylic acids is 2. The first-order valence-corrected chi connectivity index (χ1v) is 11.6. The highest BCUT2D eigenvalue weighted by atomic mass is 16.5. The van der Waals surface area contributed by atoms with Crippen molar-refractivity contribution >= 4 is 34.5 Å². The molecule has 0 saturated carbocycles. The normalized spacial score (nSPS) is 18.9. The van der Waals surface area contributed by atoms with E-state index in [4.69, 9.17) is 4.74 Å². The Morgan fingerprint density at radius 3 is 2.74 bits per heavy atom. The third-order valence-corrected chi connectivity index (χ3v) is 5.99. The fourth-order valence-corrected chi connectivity index (χ4v) is 4.10. The van der Waals surface area contributed by atoms with Crippen LogP contribution in [0.3, 0.4) is 0 Å². The summed E-state index contributed by atoms with van der Waals surface area (Å²) in [4.78, 5) is 29.3. The number of fused-ring (bicyclic) bond motifs is 1. The number of carbonyl (C=O) groups is 2. The van der Waals surface area contributed by atoms with Gasteiger partial charge in [0.1, 0.15) is 6.23 Å². The van der Waals surface area contributed by atoms with Crippen LogP contribution in [-0.2, 0) is 14.3 Å². The molecule has 1 aromatic heterocycles. The molecule has 2 heterocycles. The molecular weight excluding hydrogens is 430 g/mol. The van der Waals surface area contributed by atoms with Gasteiger partial charge in [0.15, 0.2) is 0 Å². The summed E-state index contributed by atoms with van der Waals surface area (Å²) in [7, 11) is 0. The third kappa shape index (κ3) is 5.89. The second-order valence-electron chi connectivity index (χ2n) is 8.47. The molecule has 0 spiro atoms. The van der Waals surface area contributed by atoms with Crippen LogP contribution < -0.4 is 10.2 Å². The molecule has 178 valence electrons. The monoisotopic (exact) mass is 461 g/mol. The van der Waals surface area contributed by atoms with Crippen molar-refractivity contribution in [3.8, 4) is 0 Å². The first-order valence-electron chi connectivity index (χ1n) is 11.6. The van der Waals surface area contributed by atoms with Crippen molar-refractivity contribution in [2.75, 3.05) is 31.1 Å². The van der Waals surface area contributed by atoms with Crippen LogP contribution in [0.2, 0.25) is 0 Å². The number of rotatable bonds is 8. The number of aromatic amines is 1. The van der Waals surface area contributed by atoms with Gasteiger partial charge in [0, 0.05) is 36.8 Å². The highest BCUT2D eigenvalue weighted by Crippen LogP contribution is 2.18. The van der Waals surface area contributed by atoms with Gasteiger partial charge in [0.25, 0.3) is 5.91 Å². The summed E-state index contributed by atoms with van der Waals surface area (Å²) < 4.78 is 5.79. The Bertz CT molecular complexity index is 1140. The van der Waals surface area contributed by atoms with Crippen LogP contribution >= 0.6 is 0 Å². The smallest absolute Gasteiger partial charge is 0.251 e. The van der Waals surface area contributed by atoms with Crippen molar-refractivity contribution in [1.29, 1.82) is 0 Å². The number of ether oxygens (including phenoxy) is 1. The topological polar surface area (TPSA) is 90.6 Å². The maximum absolute atomic E-state index is 13.1. The second-order valence-corrected chi connectivity index (χ2v) is 8.47. The summed E-state index contributed by atoms with van der Waals surface area (Å²) in [5.41, 5.74) is 2.39. The van der Waals surface area contributed by atoms with Gasteiger partial charge in [-0.1, -0.05) is 36.4 Å². The van der Waals surface area contributed by atoms with Gasteiger partial charge in [-0.25, -0.2) is 0 Å². The van der Waals surface area contributed by atoms with Gasteiger partial charge in [-0.3, -0.25) is 19.6 Å². The summed E-state index contributed by atoms with van der Waals surface area (Å²) in [6.45, 7) is 5.82. The minimum absolute atomic E-state index is 0.0796. The van der Waals surface area contributed by atoms with Crippen molar-refractivity contribution in [2.45, 2.75) is 32.6 Å². The molecule has 0 aliphatic carbocycles. The summed E-state index contributed by atoms with van der Waals surface area (Å²) in [6, 6.07) is 17.2. The van der Waals surface area contributed by atoms with Crippen molar-refractivity contribution in [1.82, 2.24) is 20.4 Å². The predicted molar refractivity (Wildman–Crippen MR) is 133 cm³/mol. The summed E-state index contributed by atoms with van der Waals surface area (Å²) >= 11 is 0. The molecule has 8 nitrogen and oxygen atoms in total. The Kier molecular flexibility index (Phi) is 7.72. The molecule has 1 fully saturated rings. The van der Waals surface area contributed by atoms with Crippen LogP contribution in [0, 0.1) is 0 Å². The number of amides is 2. The number of hydrogen-bond donors (Lipinski definition) is 2. The third-order valence-electron chi connectivity index (χ3n) is 5.99. The Labute approximate surface area is 199 Å². The van der Waals surface area contributed by atoms with Crippen molar-refractivity contribution in [3.05, 3.63) is 66.4 Å². The minimum Gasteiger partial charge on any atom is -0.360 e. The highest BCUT2D eigenvalue weighted by molar-refractivity contribution is 6.04. The first-order chi connectivity index (χ1) is 16.5. The van der Waals surface area contributed by atoms with Crippen LogP contribution in [0.25, 0.3) is 17.0 Å². The lowest BCUT2D eigenvalue weighted by molar-refractivity contribution is -0.141. The maximum atomic E-state index is 13.1. The molecule has 0 unspecified atom stereocenters. The lowest BCUT2D eigenvalue weighted by atomic mass is 10.2. The molecule has 4 rings (SSSR count). The van der Waals surface area contributed by atoms with Crippen LogP contribution in [0.5, 0.6) is 0 Å². The van der Waals surface area contributed by atoms with Crippen LogP contribution in [-0.4, -0.2) is 65.4 Å². The van der Waals surface area contributed by atoms with Crippen molar-refractivity contribution in [2.24, 2.45) is 0 Å². The fourth-order valence-electron chi connectivity index (χ4n) is 4.10. The summed E-state index contributed by atoms with van der Waals surface area (Å²) in [6.07, 6.45) is 4.28. The zero-order valence-electron chi connectivity index (χ0n) is 19.6. The molecule has 0 bridgehead atoms. The van der Waals surface area contributed by atoms with Crippen LogP contribution in [0.4, 0.5) is 5.69 Å². The van der Waals surface area contributed by atoms with E-state index in [1.165, 1.54) is 6.08 Å².